The van der Waals surface area contributed by atoms with Crippen LogP contribution in [0.4, 0.5) is 0 Å². The molecule has 0 saturated carbocycles. The SMILES string of the molecule is Cc1nnc(SCc2cccc(CSc3nnc(C)s3)n2)s1. The molecule has 0 unspecified atom stereocenters. The zero-order chi connectivity index (χ0) is 15.4. The molecule has 0 spiro atoms. The molecule has 0 bridgehead atoms. The van der Waals surface area contributed by atoms with Gasteiger partial charge < -0.3 is 0 Å². The van der Waals surface area contributed by atoms with Crippen LogP contribution in [0.1, 0.15) is 21.4 Å². The Labute approximate surface area is 145 Å². The van der Waals surface area contributed by atoms with Crippen molar-refractivity contribution in [2.24, 2.45) is 0 Å². The van der Waals surface area contributed by atoms with Crippen LogP contribution in [0.15, 0.2) is 26.9 Å². The van der Waals surface area contributed by atoms with Gasteiger partial charge in [0, 0.05) is 11.5 Å². The first kappa shape index (κ1) is 15.9. The third-order valence-corrected chi connectivity index (χ3v) is 6.58. The quantitative estimate of drug-likeness (QED) is 0.610. The van der Waals surface area contributed by atoms with Gasteiger partial charge in [-0.25, -0.2) is 0 Å². The summed E-state index contributed by atoms with van der Waals surface area (Å²) >= 11 is 6.58. The van der Waals surface area contributed by atoms with Gasteiger partial charge in [0.05, 0.1) is 11.4 Å². The summed E-state index contributed by atoms with van der Waals surface area (Å²) in [4.78, 5) is 4.69. The monoisotopic (exact) mass is 367 g/mol. The lowest BCUT2D eigenvalue weighted by atomic mass is 10.3. The Morgan fingerprint density at radius 2 is 1.32 bits per heavy atom. The van der Waals surface area contributed by atoms with Crippen molar-refractivity contribution >= 4 is 46.2 Å². The minimum Gasteiger partial charge on any atom is -0.256 e. The summed E-state index contributed by atoms with van der Waals surface area (Å²) in [6.45, 7) is 3.93. The molecule has 0 aliphatic carbocycles. The molecule has 9 heteroatoms. The lowest BCUT2D eigenvalue weighted by molar-refractivity contribution is 0.980. The molecule has 0 fully saturated rings. The zero-order valence-electron chi connectivity index (χ0n) is 12.0. The molecule has 3 aromatic rings. The fourth-order valence-corrected chi connectivity index (χ4v) is 5.08. The van der Waals surface area contributed by atoms with Crippen LogP contribution in [0.5, 0.6) is 0 Å². The Hall–Kier alpha value is -1.03. The second kappa shape index (κ2) is 7.49. The van der Waals surface area contributed by atoms with Crippen LogP contribution in [0.25, 0.3) is 0 Å². The average Bonchev–Trinajstić information content (AvgIpc) is 3.12. The Morgan fingerprint density at radius 1 is 0.818 bits per heavy atom. The molecule has 3 aromatic heterocycles. The highest BCUT2D eigenvalue weighted by Crippen LogP contribution is 2.27. The van der Waals surface area contributed by atoms with E-state index in [1.807, 2.05) is 26.0 Å². The summed E-state index contributed by atoms with van der Waals surface area (Å²) in [6.07, 6.45) is 0. The highest BCUT2D eigenvalue weighted by molar-refractivity contribution is 8.00. The van der Waals surface area contributed by atoms with Crippen molar-refractivity contribution in [3.8, 4) is 0 Å². The number of hydrogen-bond donors (Lipinski definition) is 0. The maximum Gasteiger partial charge on any atom is 0.174 e. The van der Waals surface area contributed by atoms with E-state index in [-0.39, 0.29) is 0 Å². The number of nitrogens with zero attached hydrogens (tertiary/aromatic N) is 5. The molecule has 114 valence electrons. The minimum atomic E-state index is 0.811. The van der Waals surface area contributed by atoms with Gasteiger partial charge in [0.15, 0.2) is 8.68 Å². The van der Waals surface area contributed by atoms with E-state index < -0.39 is 0 Å². The largest absolute Gasteiger partial charge is 0.256 e. The van der Waals surface area contributed by atoms with Gasteiger partial charge in [-0.3, -0.25) is 4.98 Å². The van der Waals surface area contributed by atoms with Gasteiger partial charge in [-0.05, 0) is 26.0 Å². The van der Waals surface area contributed by atoms with Crippen molar-refractivity contribution in [1.82, 2.24) is 25.4 Å². The van der Waals surface area contributed by atoms with Crippen molar-refractivity contribution in [3.63, 3.8) is 0 Å². The molecule has 0 aromatic carbocycles. The maximum atomic E-state index is 4.69. The molecule has 0 amide bonds. The highest BCUT2D eigenvalue weighted by atomic mass is 32.2. The summed E-state index contributed by atoms with van der Waals surface area (Å²) in [7, 11) is 0. The predicted molar refractivity (Wildman–Crippen MR) is 92.7 cm³/mol. The molecule has 3 rings (SSSR count). The smallest absolute Gasteiger partial charge is 0.174 e. The van der Waals surface area contributed by atoms with E-state index in [2.05, 4.69) is 31.4 Å². The first-order valence-corrected chi connectivity index (χ1v) is 10.1. The van der Waals surface area contributed by atoms with Crippen LogP contribution in [0.2, 0.25) is 0 Å². The Bertz CT molecular complexity index is 695. The van der Waals surface area contributed by atoms with Gasteiger partial charge >= 0.3 is 0 Å². The number of aryl methyl sites for hydroxylation is 2. The number of hydrogen-bond acceptors (Lipinski definition) is 9. The van der Waals surface area contributed by atoms with Gasteiger partial charge in [-0.2, -0.15) is 0 Å². The molecule has 22 heavy (non-hydrogen) atoms. The number of aromatic nitrogens is 5. The fourth-order valence-electron chi connectivity index (χ4n) is 1.63. The molecule has 0 saturated heterocycles. The Morgan fingerprint density at radius 3 is 1.73 bits per heavy atom. The van der Waals surface area contributed by atoms with Crippen LogP contribution in [0.3, 0.4) is 0 Å². The van der Waals surface area contributed by atoms with E-state index >= 15 is 0 Å². The van der Waals surface area contributed by atoms with Crippen molar-refractivity contribution in [1.29, 1.82) is 0 Å². The van der Waals surface area contributed by atoms with Crippen molar-refractivity contribution in [2.45, 2.75) is 34.0 Å². The number of pyridine rings is 1. The van der Waals surface area contributed by atoms with E-state index in [1.165, 1.54) is 0 Å². The third kappa shape index (κ3) is 4.48. The Balaban J connectivity index is 1.57. The number of thioether (sulfide) groups is 2. The summed E-state index contributed by atoms with van der Waals surface area (Å²) in [6, 6.07) is 6.14. The summed E-state index contributed by atoms with van der Waals surface area (Å²) in [5, 5.41) is 18.3. The van der Waals surface area contributed by atoms with Crippen molar-refractivity contribution < 1.29 is 0 Å². The van der Waals surface area contributed by atoms with Crippen LogP contribution in [-0.4, -0.2) is 25.4 Å². The van der Waals surface area contributed by atoms with Gasteiger partial charge in [0.1, 0.15) is 10.0 Å². The minimum absolute atomic E-state index is 0.811. The topological polar surface area (TPSA) is 64.5 Å². The Kier molecular flexibility index (Phi) is 5.40. The van der Waals surface area contributed by atoms with Crippen LogP contribution in [0, 0.1) is 13.8 Å². The molecule has 0 atom stereocenters. The molecule has 5 nitrogen and oxygen atoms in total. The molecule has 0 radical (unpaired) electrons. The van der Waals surface area contributed by atoms with Crippen LogP contribution < -0.4 is 0 Å². The maximum absolute atomic E-state index is 4.69. The van der Waals surface area contributed by atoms with Gasteiger partial charge in [-0.15, -0.1) is 20.4 Å². The van der Waals surface area contributed by atoms with E-state index in [4.69, 9.17) is 0 Å². The number of rotatable bonds is 6. The molecule has 0 aliphatic rings. The molecule has 0 aliphatic heterocycles. The average molecular weight is 368 g/mol. The van der Waals surface area contributed by atoms with E-state index in [9.17, 15) is 0 Å². The molecular weight excluding hydrogens is 354 g/mol. The summed E-state index contributed by atoms with van der Waals surface area (Å²) in [5.41, 5.74) is 2.12. The molecule has 3 heterocycles. The van der Waals surface area contributed by atoms with E-state index in [0.717, 1.165) is 41.6 Å². The van der Waals surface area contributed by atoms with Gasteiger partial charge in [0.2, 0.25) is 0 Å². The molecule has 0 N–H and O–H groups in total. The highest BCUT2D eigenvalue weighted by Gasteiger charge is 2.06. The van der Waals surface area contributed by atoms with E-state index in [1.54, 1.807) is 46.2 Å². The molecular formula is C13H13N5S4. The first-order valence-electron chi connectivity index (χ1n) is 6.49. The van der Waals surface area contributed by atoms with Crippen molar-refractivity contribution in [3.05, 3.63) is 39.6 Å². The second-order valence-electron chi connectivity index (χ2n) is 4.37. The predicted octanol–water partition coefficient (Wildman–Crippen LogP) is 3.99. The van der Waals surface area contributed by atoms with Gasteiger partial charge in [0.25, 0.3) is 0 Å². The normalized spacial score (nSPS) is 11.0. The summed E-state index contributed by atoms with van der Waals surface area (Å²) < 4.78 is 1.98. The lowest BCUT2D eigenvalue weighted by Gasteiger charge is -2.02. The lowest BCUT2D eigenvalue weighted by Crippen LogP contribution is -1.92. The van der Waals surface area contributed by atoms with Crippen LogP contribution in [-0.2, 0) is 11.5 Å². The van der Waals surface area contributed by atoms with Crippen molar-refractivity contribution in [2.75, 3.05) is 0 Å². The standard InChI is InChI=1S/C13H13N5S4/c1-8-15-17-12(21-8)19-6-10-4-3-5-11(14-10)7-20-13-18-16-9(2)22-13/h3-5H,6-7H2,1-2H3. The van der Waals surface area contributed by atoms with Gasteiger partial charge in [-0.1, -0.05) is 52.3 Å². The zero-order valence-corrected chi connectivity index (χ0v) is 15.3. The van der Waals surface area contributed by atoms with Crippen LogP contribution >= 0.6 is 46.2 Å². The van der Waals surface area contributed by atoms with E-state index in [0.29, 0.717) is 0 Å². The summed E-state index contributed by atoms with van der Waals surface area (Å²) in [5.74, 6) is 1.62. The first-order chi connectivity index (χ1) is 10.7. The second-order valence-corrected chi connectivity index (χ2v) is 9.18. The fraction of sp³-hybridized carbons (Fsp3) is 0.308. The third-order valence-electron chi connectivity index (χ3n) is 2.57.